The minimum absolute atomic E-state index is 0.0273. The maximum atomic E-state index is 12.2. The number of nitrogens with two attached hydrogens (primary N) is 1. The minimum atomic E-state index is -0.293. The molecule has 0 fully saturated rings. The zero-order valence-electron chi connectivity index (χ0n) is 10.6. The van der Waals surface area contributed by atoms with E-state index in [1.165, 1.54) is 0 Å². The first-order chi connectivity index (χ1) is 8.59. The third-order valence-corrected chi connectivity index (χ3v) is 3.13. The van der Waals surface area contributed by atoms with Gasteiger partial charge in [-0.3, -0.25) is 9.48 Å². The number of carbonyl (C=O) groups excluding carboxylic acids is 1. The van der Waals surface area contributed by atoms with Gasteiger partial charge in [0.15, 0.2) is 5.78 Å². The quantitative estimate of drug-likeness (QED) is 0.835. The van der Waals surface area contributed by atoms with Crippen molar-refractivity contribution in [3.63, 3.8) is 0 Å². The van der Waals surface area contributed by atoms with Gasteiger partial charge in [0, 0.05) is 25.2 Å². The van der Waals surface area contributed by atoms with Gasteiger partial charge in [0.25, 0.3) is 0 Å². The van der Waals surface area contributed by atoms with Crippen LogP contribution in [0.3, 0.4) is 0 Å². The summed E-state index contributed by atoms with van der Waals surface area (Å²) in [5.41, 5.74) is 7.72. The molecule has 4 heteroatoms. The van der Waals surface area contributed by atoms with Crippen molar-refractivity contribution >= 4 is 5.78 Å². The number of rotatable bonds is 4. The topological polar surface area (TPSA) is 60.9 Å². The maximum absolute atomic E-state index is 12.2. The highest BCUT2D eigenvalue weighted by molar-refractivity contribution is 5.97. The molecule has 0 amide bonds. The van der Waals surface area contributed by atoms with Crippen LogP contribution in [0.1, 0.15) is 28.9 Å². The van der Waals surface area contributed by atoms with Crippen molar-refractivity contribution in [3.8, 4) is 0 Å². The number of aryl methyl sites for hydroxylation is 1. The van der Waals surface area contributed by atoms with E-state index >= 15 is 0 Å². The molecule has 1 aromatic heterocycles. The molecule has 0 aliphatic heterocycles. The third-order valence-electron chi connectivity index (χ3n) is 3.13. The van der Waals surface area contributed by atoms with Gasteiger partial charge in [-0.05, 0) is 5.56 Å². The van der Waals surface area contributed by atoms with E-state index in [2.05, 4.69) is 5.10 Å². The Morgan fingerprint density at radius 2 is 2.00 bits per heavy atom. The van der Waals surface area contributed by atoms with Crippen molar-refractivity contribution in [1.82, 2.24) is 9.78 Å². The molecule has 0 aliphatic rings. The van der Waals surface area contributed by atoms with Crippen LogP contribution in [0.2, 0.25) is 0 Å². The molecule has 2 N–H and O–H groups in total. The van der Waals surface area contributed by atoms with E-state index in [0.29, 0.717) is 5.56 Å². The van der Waals surface area contributed by atoms with Gasteiger partial charge < -0.3 is 5.73 Å². The molecule has 2 atom stereocenters. The zero-order valence-corrected chi connectivity index (χ0v) is 10.6. The summed E-state index contributed by atoms with van der Waals surface area (Å²) in [6.07, 6.45) is 3.30. The Hall–Kier alpha value is -1.94. The average molecular weight is 243 g/mol. The molecular formula is C14H17N3O. The Balaban J connectivity index is 2.16. The standard InChI is InChI=1S/C14H17N3O/c1-10(13(15)11-6-4-3-5-7-11)14(18)12-8-16-17(2)9-12/h3-10,13H,15H2,1-2H3. The molecule has 4 nitrogen and oxygen atoms in total. The Morgan fingerprint density at radius 1 is 1.33 bits per heavy atom. The van der Waals surface area contributed by atoms with Crippen molar-refractivity contribution < 1.29 is 4.79 Å². The Morgan fingerprint density at radius 3 is 2.56 bits per heavy atom. The van der Waals surface area contributed by atoms with Crippen LogP contribution >= 0.6 is 0 Å². The molecule has 2 unspecified atom stereocenters. The van der Waals surface area contributed by atoms with E-state index in [1.54, 1.807) is 24.1 Å². The summed E-state index contributed by atoms with van der Waals surface area (Å²) in [5, 5.41) is 4.01. The van der Waals surface area contributed by atoms with Gasteiger partial charge in [0.05, 0.1) is 11.8 Å². The summed E-state index contributed by atoms with van der Waals surface area (Å²) < 4.78 is 1.62. The molecule has 2 rings (SSSR count). The Labute approximate surface area is 106 Å². The normalized spacial score (nSPS) is 14.2. The van der Waals surface area contributed by atoms with Crippen molar-refractivity contribution in [1.29, 1.82) is 0 Å². The van der Waals surface area contributed by atoms with Gasteiger partial charge in [-0.15, -0.1) is 0 Å². The van der Waals surface area contributed by atoms with E-state index in [9.17, 15) is 4.79 Å². The van der Waals surface area contributed by atoms with Crippen LogP contribution < -0.4 is 5.73 Å². The maximum Gasteiger partial charge on any atom is 0.170 e. The predicted octanol–water partition coefficient (Wildman–Crippen LogP) is 1.94. The lowest BCUT2D eigenvalue weighted by Crippen LogP contribution is -2.25. The zero-order chi connectivity index (χ0) is 13.1. The molecular weight excluding hydrogens is 226 g/mol. The van der Waals surface area contributed by atoms with E-state index in [0.717, 1.165) is 5.56 Å². The number of ketones is 1. The van der Waals surface area contributed by atoms with Crippen molar-refractivity contribution in [3.05, 3.63) is 53.9 Å². The first-order valence-electron chi connectivity index (χ1n) is 5.93. The molecule has 0 spiro atoms. The fourth-order valence-corrected chi connectivity index (χ4v) is 1.94. The number of hydrogen-bond donors (Lipinski definition) is 1. The first kappa shape index (κ1) is 12.5. The SMILES string of the molecule is CC(C(=O)c1cnn(C)c1)C(N)c1ccccc1. The van der Waals surface area contributed by atoms with Gasteiger partial charge >= 0.3 is 0 Å². The smallest absolute Gasteiger partial charge is 0.170 e. The fraction of sp³-hybridized carbons (Fsp3) is 0.286. The second kappa shape index (κ2) is 5.14. The Bertz CT molecular complexity index is 533. The lowest BCUT2D eigenvalue weighted by atomic mass is 9.90. The highest BCUT2D eigenvalue weighted by atomic mass is 16.1. The van der Waals surface area contributed by atoms with Gasteiger partial charge in [-0.25, -0.2) is 0 Å². The Kier molecular flexibility index (Phi) is 3.58. The molecule has 94 valence electrons. The summed E-state index contributed by atoms with van der Waals surface area (Å²) in [5.74, 6) is -0.240. The largest absolute Gasteiger partial charge is 0.323 e. The molecule has 0 saturated carbocycles. The predicted molar refractivity (Wildman–Crippen MR) is 70.1 cm³/mol. The summed E-state index contributed by atoms with van der Waals surface area (Å²) >= 11 is 0. The van der Waals surface area contributed by atoms with E-state index in [4.69, 9.17) is 5.73 Å². The van der Waals surface area contributed by atoms with Gasteiger partial charge in [-0.1, -0.05) is 37.3 Å². The fourth-order valence-electron chi connectivity index (χ4n) is 1.94. The lowest BCUT2D eigenvalue weighted by molar-refractivity contribution is 0.0912. The van der Waals surface area contributed by atoms with Crippen LogP contribution in [0.25, 0.3) is 0 Å². The van der Waals surface area contributed by atoms with Crippen LogP contribution in [0.4, 0.5) is 0 Å². The summed E-state index contributed by atoms with van der Waals surface area (Å²) in [6, 6.07) is 9.38. The minimum Gasteiger partial charge on any atom is -0.323 e. The highest BCUT2D eigenvalue weighted by Gasteiger charge is 2.23. The monoisotopic (exact) mass is 243 g/mol. The number of Topliss-reactive ketones (excluding diaryl/α,β-unsaturated/α-hetero) is 1. The van der Waals surface area contributed by atoms with Gasteiger partial charge in [0.2, 0.25) is 0 Å². The van der Waals surface area contributed by atoms with Gasteiger partial charge in [-0.2, -0.15) is 5.10 Å². The van der Waals surface area contributed by atoms with Crippen LogP contribution in [0.5, 0.6) is 0 Å². The number of hydrogen-bond acceptors (Lipinski definition) is 3. The summed E-state index contributed by atoms with van der Waals surface area (Å²) in [7, 11) is 1.79. The highest BCUT2D eigenvalue weighted by Crippen LogP contribution is 2.22. The molecule has 1 heterocycles. The van der Waals surface area contributed by atoms with E-state index in [1.807, 2.05) is 37.3 Å². The van der Waals surface area contributed by atoms with Crippen molar-refractivity contribution in [2.24, 2.45) is 18.7 Å². The summed E-state index contributed by atoms with van der Waals surface area (Å²) in [4.78, 5) is 12.2. The number of aromatic nitrogens is 2. The van der Waals surface area contributed by atoms with E-state index in [-0.39, 0.29) is 17.7 Å². The molecule has 18 heavy (non-hydrogen) atoms. The molecule has 0 radical (unpaired) electrons. The average Bonchev–Trinajstić information content (AvgIpc) is 2.84. The molecule has 2 aromatic rings. The molecule has 1 aromatic carbocycles. The number of benzene rings is 1. The molecule has 0 bridgehead atoms. The van der Waals surface area contributed by atoms with Crippen molar-refractivity contribution in [2.45, 2.75) is 13.0 Å². The summed E-state index contributed by atoms with van der Waals surface area (Å²) in [6.45, 7) is 1.85. The second-order valence-electron chi connectivity index (χ2n) is 4.49. The third kappa shape index (κ3) is 2.49. The number of nitrogens with zero attached hydrogens (tertiary/aromatic N) is 2. The number of carbonyl (C=O) groups is 1. The molecule has 0 saturated heterocycles. The van der Waals surface area contributed by atoms with Crippen LogP contribution in [-0.2, 0) is 7.05 Å². The molecule has 0 aliphatic carbocycles. The van der Waals surface area contributed by atoms with Crippen LogP contribution in [0, 0.1) is 5.92 Å². The van der Waals surface area contributed by atoms with Gasteiger partial charge in [0.1, 0.15) is 0 Å². The lowest BCUT2D eigenvalue weighted by Gasteiger charge is -2.18. The van der Waals surface area contributed by atoms with Crippen molar-refractivity contribution in [2.75, 3.05) is 0 Å². The van der Waals surface area contributed by atoms with Crippen LogP contribution in [-0.4, -0.2) is 15.6 Å². The first-order valence-corrected chi connectivity index (χ1v) is 5.93. The van der Waals surface area contributed by atoms with E-state index < -0.39 is 0 Å². The van der Waals surface area contributed by atoms with Crippen LogP contribution in [0.15, 0.2) is 42.7 Å². The second-order valence-corrected chi connectivity index (χ2v) is 4.49.